The largest absolute Gasteiger partial charge is 0.379 e. The van der Waals surface area contributed by atoms with Crippen molar-refractivity contribution < 1.29 is 4.74 Å². The van der Waals surface area contributed by atoms with Crippen LogP contribution in [-0.2, 0) is 11.3 Å². The molecule has 1 aliphatic heterocycles. The lowest BCUT2D eigenvalue weighted by molar-refractivity contribution is 0.193. The highest BCUT2D eigenvalue weighted by Crippen LogP contribution is 2.24. The maximum atomic E-state index is 5.42. The second-order valence-corrected chi connectivity index (χ2v) is 6.69. The Balaban J connectivity index is 1.92. The monoisotopic (exact) mass is 269 g/mol. The number of aromatic nitrogens is 1. The van der Waals surface area contributed by atoms with Crippen LogP contribution in [0, 0.1) is 0 Å². The van der Waals surface area contributed by atoms with Crippen molar-refractivity contribution in [2.24, 2.45) is 0 Å². The summed E-state index contributed by atoms with van der Waals surface area (Å²) in [7, 11) is 2.11. The highest BCUT2D eigenvalue weighted by molar-refractivity contribution is 7.13. The number of ether oxygens (including phenoxy) is 1. The summed E-state index contributed by atoms with van der Waals surface area (Å²) in [6.45, 7) is 9.03. The van der Waals surface area contributed by atoms with Gasteiger partial charge in [0.25, 0.3) is 0 Å². The third-order valence-electron chi connectivity index (χ3n) is 3.09. The summed E-state index contributed by atoms with van der Waals surface area (Å²) in [6, 6.07) is 0.486. The molecular weight excluding hydrogens is 246 g/mol. The first-order valence-corrected chi connectivity index (χ1v) is 7.34. The van der Waals surface area contributed by atoms with Gasteiger partial charge < -0.3 is 15.0 Å². The predicted octanol–water partition coefficient (Wildman–Crippen LogP) is 2.26. The molecule has 18 heavy (non-hydrogen) atoms. The molecule has 1 aliphatic rings. The molecule has 0 amide bonds. The number of nitrogens with zero attached hydrogens (tertiary/aromatic N) is 2. The first kappa shape index (κ1) is 13.8. The number of anilines is 1. The zero-order chi connectivity index (χ0) is 13.2. The molecule has 1 aromatic rings. The van der Waals surface area contributed by atoms with E-state index >= 15 is 0 Å². The van der Waals surface area contributed by atoms with E-state index in [0.717, 1.165) is 37.0 Å². The van der Waals surface area contributed by atoms with Crippen molar-refractivity contribution in [1.29, 1.82) is 0 Å². The van der Waals surface area contributed by atoms with Crippen LogP contribution < -0.4 is 10.2 Å². The summed E-state index contributed by atoms with van der Waals surface area (Å²) in [5.41, 5.74) is 1.25. The maximum absolute atomic E-state index is 5.42. The molecule has 5 heteroatoms. The van der Waals surface area contributed by atoms with E-state index in [-0.39, 0.29) is 5.54 Å². The number of nitrogens with one attached hydrogen (secondary N) is 1. The Bertz CT molecular complexity index is 380. The Morgan fingerprint density at radius 2 is 2.33 bits per heavy atom. The zero-order valence-corrected chi connectivity index (χ0v) is 12.5. The van der Waals surface area contributed by atoms with Gasteiger partial charge in [0, 0.05) is 31.1 Å². The standard InChI is InChI=1S/C13H23N3OS/c1-13(2,3)14-7-10-9-18-12(15-10)16(4)11-5-6-17-8-11/h9,11,14H,5-8H2,1-4H3. The lowest BCUT2D eigenvalue weighted by Crippen LogP contribution is -2.35. The molecule has 0 radical (unpaired) electrons. The predicted molar refractivity (Wildman–Crippen MR) is 76.3 cm³/mol. The molecule has 2 rings (SSSR count). The first-order chi connectivity index (χ1) is 8.46. The summed E-state index contributed by atoms with van der Waals surface area (Å²) in [4.78, 5) is 6.93. The SMILES string of the molecule is CN(c1nc(CNC(C)(C)C)cs1)C1CCOC1. The summed E-state index contributed by atoms with van der Waals surface area (Å²) in [6.07, 6.45) is 1.10. The zero-order valence-electron chi connectivity index (χ0n) is 11.7. The number of rotatable bonds is 4. The van der Waals surface area contributed by atoms with Crippen molar-refractivity contribution >= 4 is 16.5 Å². The molecule has 0 aromatic carbocycles. The van der Waals surface area contributed by atoms with E-state index < -0.39 is 0 Å². The Labute approximate surface area is 113 Å². The third-order valence-corrected chi connectivity index (χ3v) is 4.07. The smallest absolute Gasteiger partial charge is 0.185 e. The molecule has 2 heterocycles. The van der Waals surface area contributed by atoms with Crippen LogP contribution in [0.4, 0.5) is 5.13 Å². The number of hydrogen-bond donors (Lipinski definition) is 1. The average molecular weight is 269 g/mol. The van der Waals surface area contributed by atoms with Crippen LogP contribution in [0.15, 0.2) is 5.38 Å². The van der Waals surface area contributed by atoms with Gasteiger partial charge in [0.05, 0.1) is 18.3 Å². The molecule has 0 bridgehead atoms. The van der Waals surface area contributed by atoms with Crippen LogP contribution in [0.5, 0.6) is 0 Å². The third kappa shape index (κ3) is 3.67. The Morgan fingerprint density at radius 1 is 1.56 bits per heavy atom. The van der Waals surface area contributed by atoms with E-state index in [0.29, 0.717) is 6.04 Å². The van der Waals surface area contributed by atoms with Gasteiger partial charge in [-0.1, -0.05) is 0 Å². The summed E-state index contributed by atoms with van der Waals surface area (Å²) in [5, 5.41) is 6.69. The fraction of sp³-hybridized carbons (Fsp3) is 0.769. The molecule has 1 aromatic heterocycles. The van der Waals surface area contributed by atoms with E-state index in [1.807, 2.05) is 0 Å². The summed E-state index contributed by atoms with van der Waals surface area (Å²) in [5.74, 6) is 0. The normalized spacial score (nSPS) is 20.3. The number of hydrogen-bond acceptors (Lipinski definition) is 5. The van der Waals surface area contributed by atoms with Crippen molar-refractivity contribution in [3.8, 4) is 0 Å². The molecule has 1 atom stereocenters. The number of likely N-dealkylation sites (N-methyl/N-ethyl adjacent to an activating group) is 1. The Kier molecular flexibility index (Phi) is 4.25. The minimum absolute atomic E-state index is 0.134. The van der Waals surface area contributed by atoms with Gasteiger partial charge in [-0.2, -0.15) is 0 Å². The van der Waals surface area contributed by atoms with Crippen LogP contribution in [0.25, 0.3) is 0 Å². The van der Waals surface area contributed by atoms with Crippen molar-refractivity contribution in [2.75, 3.05) is 25.2 Å². The van der Waals surface area contributed by atoms with E-state index in [4.69, 9.17) is 4.74 Å². The van der Waals surface area contributed by atoms with Crippen molar-refractivity contribution in [2.45, 2.75) is 45.3 Å². The van der Waals surface area contributed by atoms with Gasteiger partial charge in [0.15, 0.2) is 5.13 Å². The minimum Gasteiger partial charge on any atom is -0.379 e. The van der Waals surface area contributed by atoms with Gasteiger partial charge in [-0.15, -0.1) is 11.3 Å². The van der Waals surface area contributed by atoms with Crippen LogP contribution >= 0.6 is 11.3 Å². The van der Waals surface area contributed by atoms with Gasteiger partial charge in [0.1, 0.15) is 0 Å². The molecule has 1 saturated heterocycles. The molecule has 4 nitrogen and oxygen atoms in total. The second kappa shape index (κ2) is 5.55. The average Bonchev–Trinajstić information content (AvgIpc) is 2.96. The quantitative estimate of drug-likeness (QED) is 0.910. The van der Waals surface area contributed by atoms with Crippen LogP contribution in [0.3, 0.4) is 0 Å². The van der Waals surface area contributed by atoms with Crippen molar-refractivity contribution in [3.05, 3.63) is 11.1 Å². The topological polar surface area (TPSA) is 37.4 Å². The van der Waals surface area contributed by atoms with Crippen molar-refractivity contribution in [3.63, 3.8) is 0 Å². The van der Waals surface area contributed by atoms with E-state index in [1.54, 1.807) is 11.3 Å². The second-order valence-electron chi connectivity index (χ2n) is 5.85. The molecule has 1 fully saturated rings. The number of thiazole rings is 1. The lowest BCUT2D eigenvalue weighted by atomic mass is 10.1. The maximum Gasteiger partial charge on any atom is 0.185 e. The van der Waals surface area contributed by atoms with Crippen LogP contribution in [0.2, 0.25) is 0 Å². The highest BCUT2D eigenvalue weighted by atomic mass is 32.1. The lowest BCUT2D eigenvalue weighted by Gasteiger charge is -2.22. The molecule has 102 valence electrons. The van der Waals surface area contributed by atoms with Gasteiger partial charge in [0.2, 0.25) is 0 Å². The van der Waals surface area contributed by atoms with E-state index in [9.17, 15) is 0 Å². The van der Waals surface area contributed by atoms with E-state index in [1.165, 1.54) is 0 Å². The highest BCUT2D eigenvalue weighted by Gasteiger charge is 2.22. The molecule has 0 saturated carbocycles. The Morgan fingerprint density at radius 3 is 2.94 bits per heavy atom. The fourth-order valence-corrected chi connectivity index (χ4v) is 2.74. The summed E-state index contributed by atoms with van der Waals surface area (Å²) < 4.78 is 5.42. The fourth-order valence-electron chi connectivity index (χ4n) is 1.88. The summed E-state index contributed by atoms with van der Waals surface area (Å²) >= 11 is 1.71. The molecule has 0 aliphatic carbocycles. The van der Waals surface area contributed by atoms with Crippen molar-refractivity contribution in [1.82, 2.24) is 10.3 Å². The molecule has 1 unspecified atom stereocenters. The van der Waals surface area contributed by atoms with Crippen LogP contribution in [-0.4, -0.2) is 36.8 Å². The van der Waals surface area contributed by atoms with Gasteiger partial charge in [-0.3, -0.25) is 0 Å². The van der Waals surface area contributed by atoms with E-state index in [2.05, 4.69) is 48.4 Å². The molecule has 1 N–H and O–H groups in total. The first-order valence-electron chi connectivity index (χ1n) is 6.46. The minimum atomic E-state index is 0.134. The van der Waals surface area contributed by atoms with Gasteiger partial charge in [-0.25, -0.2) is 4.98 Å². The molecule has 0 spiro atoms. The molecular formula is C13H23N3OS. The van der Waals surface area contributed by atoms with Gasteiger partial charge >= 0.3 is 0 Å². The van der Waals surface area contributed by atoms with Gasteiger partial charge in [-0.05, 0) is 27.2 Å². The van der Waals surface area contributed by atoms with Crippen LogP contribution in [0.1, 0.15) is 32.9 Å². The Hall–Kier alpha value is -0.650.